The predicted octanol–water partition coefficient (Wildman–Crippen LogP) is 2.88. The summed E-state index contributed by atoms with van der Waals surface area (Å²) in [6, 6.07) is 2.32. The van der Waals surface area contributed by atoms with E-state index in [0.717, 1.165) is 23.8 Å². The number of halogens is 1. The van der Waals surface area contributed by atoms with Gasteiger partial charge in [-0.25, -0.2) is 4.98 Å². The molecule has 1 fully saturated rings. The zero-order valence-corrected chi connectivity index (χ0v) is 10.4. The topological polar surface area (TPSA) is 34.1 Å². The molecule has 16 heavy (non-hydrogen) atoms. The van der Waals surface area contributed by atoms with Crippen LogP contribution in [0, 0.1) is 12.8 Å². The highest BCUT2D eigenvalue weighted by Crippen LogP contribution is 2.35. The van der Waals surface area contributed by atoms with E-state index in [9.17, 15) is 0 Å². The van der Waals surface area contributed by atoms with Crippen LogP contribution in [-0.4, -0.2) is 24.7 Å². The predicted molar refractivity (Wildman–Crippen MR) is 66.0 cm³/mol. The SMILES string of the molecule is COCC(Nc1c(C)ccnc1Cl)C1CC1. The third kappa shape index (κ3) is 2.66. The zero-order chi connectivity index (χ0) is 11.5. The average molecular weight is 241 g/mol. The first-order chi connectivity index (χ1) is 7.72. The summed E-state index contributed by atoms with van der Waals surface area (Å²) in [6.07, 6.45) is 4.28. The Kier molecular flexibility index (Phi) is 3.66. The minimum atomic E-state index is 0.352. The van der Waals surface area contributed by atoms with Gasteiger partial charge in [-0.3, -0.25) is 0 Å². The van der Waals surface area contributed by atoms with Gasteiger partial charge < -0.3 is 10.1 Å². The minimum Gasteiger partial charge on any atom is -0.383 e. The number of aryl methyl sites for hydroxylation is 1. The number of rotatable bonds is 5. The molecular formula is C12H17ClN2O. The Morgan fingerprint density at radius 1 is 1.62 bits per heavy atom. The highest BCUT2D eigenvalue weighted by Gasteiger charge is 2.31. The number of pyridine rings is 1. The summed E-state index contributed by atoms with van der Waals surface area (Å²) in [5.74, 6) is 0.718. The monoisotopic (exact) mass is 240 g/mol. The van der Waals surface area contributed by atoms with Gasteiger partial charge in [0.25, 0.3) is 0 Å². The molecule has 1 aromatic rings. The van der Waals surface area contributed by atoms with E-state index in [0.29, 0.717) is 11.2 Å². The quantitative estimate of drug-likeness (QED) is 0.804. The summed E-state index contributed by atoms with van der Waals surface area (Å²) in [7, 11) is 1.73. The van der Waals surface area contributed by atoms with E-state index in [4.69, 9.17) is 16.3 Å². The van der Waals surface area contributed by atoms with E-state index in [1.165, 1.54) is 12.8 Å². The molecule has 1 aromatic heterocycles. The van der Waals surface area contributed by atoms with Crippen LogP contribution in [0.4, 0.5) is 5.69 Å². The average Bonchev–Trinajstić information content (AvgIpc) is 3.06. The molecule has 0 aliphatic heterocycles. The Hall–Kier alpha value is -0.800. The van der Waals surface area contributed by atoms with Crippen LogP contribution in [0.1, 0.15) is 18.4 Å². The first kappa shape index (κ1) is 11.7. The molecule has 0 aromatic carbocycles. The fraction of sp³-hybridized carbons (Fsp3) is 0.583. The maximum absolute atomic E-state index is 6.08. The number of nitrogens with zero attached hydrogens (tertiary/aromatic N) is 1. The number of ether oxygens (including phenoxy) is 1. The fourth-order valence-electron chi connectivity index (χ4n) is 1.86. The number of nitrogens with one attached hydrogen (secondary N) is 1. The first-order valence-electron chi connectivity index (χ1n) is 5.59. The number of anilines is 1. The Balaban J connectivity index is 2.11. The van der Waals surface area contributed by atoms with Crippen molar-refractivity contribution in [2.45, 2.75) is 25.8 Å². The van der Waals surface area contributed by atoms with Crippen molar-refractivity contribution in [3.8, 4) is 0 Å². The van der Waals surface area contributed by atoms with Crippen LogP contribution in [-0.2, 0) is 4.74 Å². The molecule has 0 radical (unpaired) electrons. The Morgan fingerprint density at radius 2 is 2.38 bits per heavy atom. The van der Waals surface area contributed by atoms with Gasteiger partial charge >= 0.3 is 0 Å². The normalized spacial score (nSPS) is 17.2. The molecule has 1 unspecified atom stereocenters. The molecule has 1 N–H and O–H groups in total. The van der Waals surface area contributed by atoms with E-state index in [-0.39, 0.29) is 0 Å². The second-order valence-corrected chi connectivity index (χ2v) is 4.70. The Morgan fingerprint density at radius 3 is 2.94 bits per heavy atom. The van der Waals surface area contributed by atoms with Crippen molar-refractivity contribution in [2.75, 3.05) is 19.0 Å². The van der Waals surface area contributed by atoms with Crippen LogP contribution < -0.4 is 5.32 Å². The zero-order valence-electron chi connectivity index (χ0n) is 9.66. The minimum absolute atomic E-state index is 0.352. The maximum Gasteiger partial charge on any atom is 0.152 e. The van der Waals surface area contributed by atoms with Crippen molar-refractivity contribution in [3.63, 3.8) is 0 Å². The number of aromatic nitrogens is 1. The van der Waals surface area contributed by atoms with Gasteiger partial charge in [0.2, 0.25) is 0 Å². The van der Waals surface area contributed by atoms with Crippen LogP contribution in [0.25, 0.3) is 0 Å². The molecule has 3 nitrogen and oxygen atoms in total. The van der Waals surface area contributed by atoms with E-state index in [1.807, 2.05) is 13.0 Å². The fourth-order valence-corrected chi connectivity index (χ4v) is 2.12. The third-order valence-corrected chi connectivity index (χ3v) is 3.27. The van der Waals surface area contributed by atoms with Gasteiger partial charge in [-0.05, 0) is 37.3 Å². The lowest BCUT2D eigenvalue weighted by Gasteiger charge is -2.20. The Labute approximate surface area is 101 Å². The largest absolute Gasteiger partial charge is 0.383 e. The molecular weight excluding hydrogens is 224 g/mol. The molecule has 1 aliphatic rings. The summed E-state index contributed by atoms with van der Waals surface area (Å²) in [6.45, 7) is 2.75. The van der Waals surface area contributed by atoms with E-state index >= 15 is 0 Å². The van der Waals surface area contributed by atoms with E-state index < -0.39 is 0 Å². The second-order valence-electron chi connectivity index (χ2n) is 4.34. The second kappa shape index (κ2) is 5.02. The van der Waals surface area contributed by atoms with Gasteiger partial charge in [-0.2, -0.15) is 0 Å². The number of hydrogen-bond acceptors (Lipinski definition) is 3. The van der Waals surface area contributed by atoms with Crippen LogP contribution in [0.5, 0.6) is 0 Å². The molecule has 0 bridgehead atoms. The maximum atomic E-state index is 6.08. The lowest BCUT2D eigenvalue weighted by atomic mass is 10.1. The standard InChI is InChI=1S/C12H17ClN2O/c1-8-5-6-14-12(13)11(8)15-10(7-16-2)9-3-4-9/h5-6,9-10,15H,3-4,7H2,1-2H3. The van der Waals surface area contributed by atoms with Crippen LogP contribution >= 0.6 is 11.6 Å². The summed E-state index contributed by atoms with van der Waals surface area (Å²) < 4.78 is 5.23. The lowest BCUT2D eigenvalue weighted by Crippen LogP contribution is -2.27. The molecule has 0 saturated heterocycles. The van der Waals surface area contributed by atoms with Gasteiger partial charge in [0.1, 0.15) is 0 Å². The third-order valence-electron chi connectivity index (χ3n) is 2.98. The van der Waals surface area contributed by atoms with Crippen molar-refractivity contribution in [2.24, 2.45) is 5.92 Å². The van der Waals surface area contributed by atoms with Gasteiger partial charge in [0.15, 0.2) is 5.15 Å². The van der Waals surface area contributed by atoms with Gasteiger partial charge in [0, 0.05) is 13.3 Å². The smallest absolute Gasteiger partial charge is 0.152 e. The van der Waals surface area contributed by atoms with Crippen molar-refractivity contribution in [1.82, 2.24) is 4.98 Å². The van der Waals surface area contributed by atoms with E-state index in [1.54, 1.807) is 13.3 Å². The molecule has 1 atom stereocenters. The molecule has 4 heteroatoms. The molecule has 2 rings (SSSR count). The van der Waals surface area contributed by atoms with Crippen molar-refractivity contribution >= 4 is 17.3 Å². The Bertz CT molecular complexity index is 346. The van der Waals surface area contributed by atoms with E-state index in [2.05, 4.69) is 10.3 Å². The molecule has 1 aliphatic carbocycles. The highest BCUT2D eigenvalue weighted by molar-refractivity contribution is 6.32. The van der Waals surface area contributed by atoms with Gasteiger partial charge in [-0.15, -0.1) is 0 Å². The van der Waals surface area contributed by atoms with Crippen molar-refractivity contribution < 1.29 is 4.74 Å². The summed E-state index contributed by atoms with van der Waals surface area (Å²) >= 11 is 6.08. The number of hydrogen-bond donors (Lipinski definition) is 1. The summed E-state index contributed by atoms with van der Waals surface area (Å²) in [5.41, 5.74) is 2.07. The van der Waals surface area contributed by atoms with Crippen LogP contribution in [0.15, 0.2) is 12.3 Å². The highest BCUT2D eigenvalue weighted by atomic mass is 35.5. The summed E-state index contributed by atoms with van der Waals surface area (Å²) in [5, 5.41) is 4.00. The van der Waals surface area contributed by atoms with Crippen molar-refractivity contribution in [3.05, 3.63) is 23.0 Å². The molecule has 1 saturated carbocycles. The molecule has 0 amide bonds. The molecule has 1 heterocycles. The molecule has 0 spiro atoms. The van der Waals surface area contributed by atoms with Crippen LogP contribution in [0.3, 0.4) is 0 Å². The lowest BCUT2D eigenvalue weighted by molar-refractivity contribution is 0.179. The van der Waals surface area contributed by atoms with Crippen LogP contribution in [0.2, 0.25) is 5.15 Å². The van der Waals surface area contributed by atoms with Gasteiger partial charge in [-0.1, -0.05) is 11.6 Å². The first-order valence-corrected chi connectivity index (χ1v) is 5.96. The summed E-state index contributed by atoms with van der Waals surface area (Å²) in [4.78, 5) is 4.09. The molecule has 88 valence electrons. The van der Waals surface area contributed by atoms with Gasteiger partial charge in [0.05, 0.1) is 18.3 Å². The number of methoxy groups -OCH3 is 1. The van der Waals surface area contributed by atoms with Crippen molar-refractivity contribution in [1.29, 1.82) is 0 Å².